The lowest BCUT2D eigenvalue weighted by molar-refractivity contribution is 0.0595. The smallest absolute Gasteiger partial charge is 0.357 e. The molecule has 2 aromatic rings. The summed E-state index contributed by atoms with van der Waals surface area (Å²) >= 11 is 3.05. The summed E-state index contributed by atoms with van der Waals surface area (Å²) in [5.74, 6) is -0.403. The topological polar surface area (TPSA) is 55.3 Å². The van der Waals surface area contributed by atoms with Gasteiger partial charge in [0.2, 0.25) is 0 Å². The molecule has 0 radical (unpaired) electrons. The Morgan fingerprint density at radius 1 is 1.50 bits per heavy atom. The first-order chi connectivity index (χ1) is 8.61. The van der Waals surface area contributed by atoms with Gasteiger partial charge in [0.05, 0.1) is 24.9 Å². The Balaban J connectivity index is 2.10. The Kier molecular flexibility index (Phi) is 3.93. The number of anilines is 1. The molecule has 0 amide bonds. The minimum Gasteiger partial charge on any atom is -0.464 e. The van der Waals surface area contributed by atoms with Crippen molar-refractivity contribution in [2.75, 3.05) is 19.1 Å². The molecule has 0 unspecified atom stereocenters. The quantitative estimate of drug-likeness (QED) is 0.806. The van der Waals surface area contributed by atoms with Crippen molar-refractivity contribution < 1.29 is 9.53 Å². The number of carbonyl (C=O) groups is 1. The maximum atomic E-state index is 11.3. The van der Waals surface area contributed by atoms with E-state index in [0.29, 0.717) is 5.69 Å². The highest BCUT2D eigenvalue weighted by Gasteiger charge is 2.14. The van der Waals surface area contributed by atoms with Crippen LogP contribution in [0.2, 0.25) is 0 Å². The number of rotatable bonds is 4. The number of hydrogen-bond donors (Lipinski definition) is 0. The average Bonchev–Trinajstić information content (AvgIpc) is 2.98. The Hall–Kier alpha value is -1.47. The van der Waals surface area contributed by atoms with Crippen LogP contribution in [0.1, 0.15) is 21.1 Å². The van der Waals surface area contributed by atoms with Crippen molar-refractivity contribution in [1.82, 2.24) is 9.97 Å². The molecule has 2 rings (SSSR count). The molecule has 0 aliphatic rings. The lowest BCUT2D eigenvalue weighted by Gasteiger charge is -2.14. The highest BCUT2D eigenvalue weighted by atomic mass is 32.1. The summed E-state index contributed by atoms with van der Waals surface area (Å²) in [5, 5.41) is 2.50. The van der Waals surface area contributed by atoms with Gasteiger partial charge in [-0.25, -0.2) is 14.8 Å². The minimum atomic E-state index is -0.403. The van der Waals surface area contributed by atoms with E-state index in [1.54, 1.807) is 16.7 Å². The van der Waals surface area contributed by atoms with Gasteiger partial charge in [0.1, 0.15) is 0 Å². The Morgan fingerprint density at radius 3 is 2.89 bits per heavy atom. The second-order valence-corrected chi connectivity index (χ2v) is 5.50. The van der Waals surface area contributed by atoms with E-state index in [9.17, 15) is 4.79 Å². The van der Waals surface area contributed by atoms with Crippen molar-refractivity contribution >= 4 is 33.8 Å². The highest BCUT2D eigenvalue weighted by Crippen LogP contribution is 2.23. The van der Waals surface area contributed by atoms with Crippen LogP contribution in [-0.4, -0.2) is 30.1 Å². The molecule has 0 spiro atoms. The third kappa shape index (κ3) is 2.68. The van der Waals surface area contributed by atoms with Gasteiger partial charge in [-0.05, 0) is 6.92 Å². The second-order valence-electron chi connectivity index (χ2n) is 3.72. The van der Waals surface area contributed by atoms with E-state index in [2.05, 4.69) is 14.7 Å². The van der Waals surface area contributed by atoms with E-state index in [4.69, 9.17) is 0 Å². The average molecular weight is 283 g/mol. The molecule has 7 heteroatoms. The van der Waals surface area contributed by atoms with Crippen LogP contribution in [-0.2, 0) is 11.3 Å². The summed E-state index contributed by atoms with van der Waals surface area (Å²) in [4.78, 5) is 23.0. The summed E-state index contributed by atoms with van der Waals surface area (Å²) in [6.45, 7) is 2.73. The lowest BCUT2D eigenvalue weighted by Crippen LogP contribution is -2.16. The number of hydrogen-bond acceptors (Lipinski definition) is 7. The van der Waals surface area contributed by atoms with Gasteiger partial charge in [-0.3, -0.25) is 0 Å². The molecule has 0 N–H and O–H groups in total. The Morgan fingerprint density at radius 2 is 2.28 bits per heavy atom. The van der Waals surface area contributed by atoms with Crippen LogP contribution in [0.15, 0.2) is 10.9 Å². The first-order valence-corrected chi connectivity index (χ1v) is 7.01. The molecule has 0 atom stereocenters. The summed E-state index contributed by atoms with van der Waals surface area (Å²) < 4.78 is 4.63. The predicted molar refractivity (Wildman–Crippen MR) is 72.4 cm³/mol. The standard InChI is InChI=1S/C11H13N3O2S2/c1-7-9(18-6-12-7)4-14(2)11-13-8(5-17-11)10(15)16-3/h5-6H,4H2,1-3H3. The number of ether oxygens (including phenoxy) is 1. The Bertz CT molecular complexity index is 550. The molecule has 96 valence electrons. The largest absolute Gasteiger partial charge is 0.464 e. The number of methoxy groups -OCH3 is 1. The van der Waals surface area contributed by atoms with Crippen LogP contribution in [0.3, 0.4) is 0 Å². The van der Waals surface area contributed by atoms with Crippen molar-refractivity contribution in [3.8, 4) is 0 Å². The molecule has 2 aromatic heterocycles. The Labute approximate surface area is 113 Å². The molecule has 0 fully saturated rings. The van der Waals surface area contributed by atoms with Gasteiger partial charge in [-0.15, -0.1) is 22.7 Å². The predicted octanol–water partition coefficient (Wildman–Crippen LogP) is 2.33. The maximum absolute atomic E-state index is 11.3. The van der Waals surface area contributed by atoms with E-state index in [0.717, 1.165) is 17.4 Å². The third-order valence-electron chi connectivity index (χ3n) is 2.44. The normalized spacial score (nSPS) is 10.4. The first-order valence-electron chi connectivity index (χ1n) is 5.25. The number of carbonyl (C=O) groups excluding carboxylic acids is 1. The van der Waals surface area contributed by atoms with Gasteiger partial charge in [-0.2, -0.15) is 0 Å². The number of aryl methyl sites for hydroxylation is 1. The lowest BCUT2D eigenvalue weighted by atomic mass is 10.4. The molecule has 0 aliphatic heterocycles. The van der Waals surface area contributed by atoms with Gasteiger partial charge in [0, 0.05) is 17.3 Å². The van der Waals surface area contributed by atoms with Crippen LogP contribution in [0, 0.1) is 6.92 Å². The molecule has 18 heavy (non-hydrogen) atoms. The highest BCUT2D eigenvalue weighted by molar-refractivity contribution is 7.14. The van der Waals surface area contributed by atoms with Gasteiger partial charge >= 0.3 is 5.97 Å². The summed E-state index contributed by atoms with van der Waals surface area (Å²) in [6.07, 6.45) is 0. The van der Waals surface area contributed by atoms with Gasteiger partial charge < -0.3 is 9.64 Å². The van der Waals surface area contributed by atoms with Gasteiger partial charge in [-0.1, -0.05) is 0 Å². The van der Waals surface area contributed by atoms with E-state index in [-0.39, 0.29) is 0 Å². The third-order valence-corrected chi connectivity index (χ3v) is 4.31. The zero-order valence-electron chi connectivity index (χ0n) is 10.3. The van der Waals surface area contributed by atoms with Crippen molar-refractivity contribution in [2.24, 2.45) is 0 Å². The van der Waals surface area contributed by atoms with Crippen LogP contribution in [0.5, 0.6) is 0 Å². The number of nitrogens with zero attached hydrogens (tertiary/aromatic N) is 3. The van der Waals surface area contributed by atoms with E-state index in [1.807, 2.05) is 24.4 Å². The van der Waals surface area contributed by atoms with Crippen LogP contribution >= 0.6 is 22.7 Å². The molecule has 2 heterocycles. The number of thiazole rings is 2. The van der Waals surface area contributed by atoms with Crippen molar-refractivity contribution in [2.45, 2.75) is 13.5 Å². The van der Waals surface area contributed by atoms with Crippen molar-refractivity contribution in [3.63, 3.8) is 0 Å². The summed E-state index contributed by atoms with van der Waals surface area (Å²) in [5.41, 5.74) is 3.22. The second kappa shape index (κ2) is 5.45. The molecule has 0 bridgehead atoms. The SMILES string of the molecule is COC(=O)c1csc(N(C)Cc2scnc2C)n1. The maximum Gasteiger partial charge on any atom is 0.357 e. The molecule has 0 aliphatic carbocycles. The number of aromatic nitrogens is 2. The molecular weight excluding hydrogens is 270 g/mol. The summed E-state index contributed by atoms with van der Waals surface area (Å²) in [7, 11) is 3.30. The van der Waals surface area contributed by atoms with Gasteiger partial charge in [0.25, 0.3) is 0 Å². The summed E-state index contributed by atoms with van der Waals surface area (Å²) in [6, 6.07) is 0. The van der Waals surface area contributed by atoms with Crippen molar-refractivity contribution in [1.29, 1.82) is 0 Å². The molecule has 5 nitrogen and oxygen atoms in total. The van der Waals surface area contributed by atoms with E-state index >= 15 is 0 Å². The molecule has 0 aromatic carbocycles. The van der Waals surface area contributed by atoms with Crippen molar-refractivity contribution in [3.05, 3.63) is 27.2 Å². The van der Waals surface area contributed by atoms with E-state index in [1.165, 1.54) is 23.3 Å². The van der Waals surface area contributed by atoms with Crippen LogP contribution in [0.25, 0.3) is 0 Å². The molecular formula is C11H13N3O2S2. The minimum absolute atomic E-state index is 0.352. The first kappa shape index (κ1) is 13.0. The fourth-order valence-electron chi connectivity index (χ4n) is 1.40. The zero-order valence-corrected chi connectivity index (χ0v) is 12.0. The van der Waals surface area contributed by atoms with Crippen LogP contribution < -0.4 is 4.90 Å². The monoisotopic (exact) mass is 283 g/mol. The fraction of sp³-hybridized carbons (Fsp3) is 0.364. The molecule has 0 saturated carbocycles. The van der Waals surface area contributed by atoms with E-state index < -0.39 is 5.97 Å². The number of esters is 1. The van der Waals surface area contributed by atoms with Gasteiger partial charge in [0.15, 0.2) is 10.8 Å². The zero-order chi connectivity index (χ0) is 13.1. The molecule has 0 saturated heterocycles. The van der Waals surface area contributed by atoms with Crippen LogP contribution in [0.4, 0.5) is 5.13 Å². The fourth-order valence-corrected chi connectivity index (χ4v) is 2.99.